The van der Waals surface area contributed by atoms with E-state index in [1.807, 2.05) is 6.92 Å². The Labute approximate surface area is 83.1 Å². The average Bonchev–Trinajstić information content (AvgIpc) is 2.62. The summed E-state index contributed by atoms with van der Waals surface area (Å²) in [5, 5.41) is 11.5. The maximum Gasteiger partial charge on any atom is 0.326 e. The van der Waals surface area contributed by atoms with Crippen LogP contribution >= 0.6 is 0 Å². The van der Waals surface area contributed by atoms with Gasteiger partial charge in [-0.15, -0.1) is 0 Å². The van der Waals surface area contributed by atoms with E-state index in [9.17, 15) is 9.59 Å². The number of carbonyl (C=O) groups is 2. The molecule has 0 aliphatic carbocycles. The van der Waals surface area contributed by atoms with Gasteiger partial charge in [-0.1, -0.05) is 6.92 Å². The van der Waals surface area contributed by atoms with E-state index in [0.717, 1.165) is 12.8 Å². The van der Waals surface area contributed by atoms with E-state index in [2.05, 4.69) is 5.32 Å². The molecule has 1 fully saturated rings. The standard InChI is InChI=1S/C9H16N2O3/c1-2-5-10-9(14)11-6-3-4-7(11)8(12)13/h7H,2-6H2,1H3,(H,10,14)(H,12,13)/t7-/m0/s1. The molecule has 0 aromatic carbocycles. The van der Waals surface area contributed by atoms with Crippen molar-refractivity contribution >= 4 is 12.0 Å². The first-order chi connectivity index (χ1) is 6.66. The number of likely N-dealkylation sites (tertiary alicyclic amines) is 1. The molecule has 1 heterocycles. The third-order valence-electron chi connectivity index (χ3n) is 2.32. The molecule has 0 radical (unpaired) electrons. The lowest BCUT2D eigenvalue weighted by Gasteiger charge is -2.21. The Morgan fingerprint density at radius 2 is 2.29 bits per heavy atom. The molecule has 0 aromatic heterocycles. The number of nitrogens with zero attached hydrogens (tertiary/aromatic N) is 1. The van der Waals surface area contributed by atoms with Gasteiger partial charge in [0.2, 0.25) is 0 Å². The van der Waals surface area contributed by atoms with Crippen molar-refractivity contribution in [3.05, 3.63) is 0 Å². The van der Waals surface area contributed by atoms with Gasteiger partial charge in [0.05, 0.1) is 0 Å². The van der Waals surface area contributed by atoms with E-state index in [0.29, 0.717) is 19.5 Å². The number of nitrogens with one attached hydrogen (secondary N) is 1. The lowest BCUT2D eigenvalue weighted by atomic mass is 10.2. The Kier molecular flexibility index (Phi) is 3.73. The van der Waals surface area contributed by atoms with Crippen LogP contribution in [0.25, 0.3) is 0 Å². The van der Waals surface area contributed by atoms with Gasteiger partial charge in [0, 0.05) is 13.1 Å². The number of urea groups is 1. The Bertz CT molecular complexity index is 230. The zero-order valence-corrected chi connectivity index (χ0v) is 8.32. The number of rotatable bonds is 3. The lowest BCUT2D eigenvalue weighted by Crippen LogP contribution is -2.46. The SMILES string of the molecule is CCCNC(=O)N1CCC[C@H]1C(=O)O. The molecule has 0 spiro atoms. The van der Waals surface area contributed by atoms with Gasteiger partial charge in [0.25, 0.3) is 0 Å². The van der Waals surface area contributed by atoms with Crippen LogP contribution in [-0.4, -0.2) is 41.1 Å². The largest absolute Gasteiger partial charge is 0.480 e. The van der Waals surface area contributed by atoms with Crippen LogP contribution in [0.1, 0.15) is 26.2 Å². The Hall–Kier alpha value is -1.26. The second-order valence-electron chi connectivity index (χ2n) is 3.42. The van der Waals surface area contributed by atoms with Gasteiger partial charge in [-0.25, -0.2) is 9.59 Å². The molecule has 0 unspecified atom stereocenters. The normalized spacial score (nSPS) is 20.9. The van der Waals surface area contributed by atoms with Crippen LogP contribution in [0.3, 0.4) is 0 Å². The molecule has 14 heavy (non-hydrogen) atoms. The maximum atomic E-state index is 11.5. The van der Waals surface area contributed by atoms with Gasteiger partial charge >= 0.3 is 12.0 Å². The zero-order chi connectivity index (χ0) is 10.6. The van der Waals surface area contributed by atoms with Crippen molar-refractivity contribution in [1.82, 2.24) is 10.2 Å². The van der Waals surface area contributed by atoms with Gasteiger partial charge in [-0.2, -0.15) is 0 Å². The van der Waals surface area contributed by atoms with E-state index in [1.165, 1.54) is 4.90 Å². The highest BCUT2D eigenvalue weighted by Gasteiger charge is 2.33. The highest BCUT2D eigenvalue weighted by Crippen LogP contribution is 2.16. The summed E-state index contributed by atoms with van der Waals surface area (Å²) in [6.07, 6.45) is 2.20. The van der Waals surface area contributed by atoms with E-state index in [1.54, 1.807) is 0 Å². The van der Waals surface area contributed by atoms with Crippen LogP contribution in [0.4, 0.5) is 4.79 Å². The van der Waals surface area contributed by atoms with Crippen molar-refractivity contribution in [1.29, 1.82) is 0 Å². The monoisotopic (exact) mass is 200 g/mol. The van der Waals surface area contributed by atoms with E-state index in [4.69, 9.17) is 5.11 Å². The summed E-state index contributed by atoms with van der Waals surface area (Å²) in [5.41, 5.74) is 0. The lowest BCUT2D eigenvalue weighted by molar-refractivity contribution is -0.141. The highest BCUT2D eigenvalue weighted by atomic mass is 16.4. The van der Waals surface area contributed by atoms with Gasteiger partial charge in [-0.05, 0) is 19.3 Å². The van der Waals surface area contributed by atoms with E-state index < -0.39 is 12.0 Å². The minimum atomic E-state index is -0.908. The van der Waals surface area contributed by atoms with Crippen LogP contribution in [0, 0.1) is 0 Å². The van der Waals surface area contributed by atoms with Gasteiger partial charge in [0.1, 0.15) is 6.04 Å². The van der Waals surface area contributed by atoms with Crippen molar-refractivity contribution in [3.8, 4) is 0 Å². The minimum Gasteiger partial charge on any atom is -0.480 e. The topological polar surface area (TPSA) is 69.6 Å². The third kappa shape index (κ3) is 2.37. The van der Waals surface area contributed by atoms with Crippen molar-refractivity contribution in [2.45, 2.75) is 32.2 Å². The molecule has 1 aliphatic heterocycles. The molecule has 2 N–H and O–H groups in total. The van der Waals surface area contributed by atoms with Gasteiger partial charge in [0.15, 0.2) is 0 Å². The fourth-order valence-electron chi connectivity index (χ4n) is 1.60. The molecule has 2 amide bonds. The number of aliphatic carboxylic acids is 1. The molecular formula is C9H16N2O3. The number of amides is 2. The van der Waals surface area contributed by atoms with Crippen LogP contribution in [0.5, 0.6) is 0 Å². The molecule has 1 saturated heterocycles. The molecule has 0 aromatic rings. The molecule has 1 aliphatic rings. The smallest absolute Gasteiger partial charge is 0.326 e. The van der Waals surface area contributed by atoms with Crippen LogP contribution in [0.2, 0.25) is 0 Å². The molecule has 5 heteroatoms. The zero-order valence-electron chi connectivity index (χ0n) is 8.32. The first kappa shape index (κ1) is 10.8. The van der Waals surface area contributed by atoms with Crippen molar-refractivity contribution in [2.75, 3.05) is 13.1 Å². The second kappa shape index (κ2) is 4.83. The molecule has 1 atom stereocenters. The summed E-state index contributed by atoms with van der Waals surface area (Å²) in [4.78, 5) is 23.6. The maximum absolute atomic E-state index is 11.5. The van der Waals surface area contributed by atoms with Crippen LogP contribution in [0.15, 0.2) is 0 Å². The number of carbonyl (C=O) groups excluding carboxylic acids is 1. The second-order valence-corrected chi connectivity index (χ2v) is 3.42. The summed E-state index contributed by atoms with van der Waals surface area (Å²) < 4.78 is 0. The summed E-state index contributed by atoms with van der Waals surface area (Å²) in [5.74, 6) is -0.908. The first-order valence-electron chi connectivity index (χ1n) is 4.94. The molecule has 80 valence electrons. The molecular weight excluding hydrogens is 184 g/mol. The number of carboxylic acids is 1. The van der Waals surface area contributed by atoms with Gasteiger partial charge < -0.3 is 15.3 Å². The fourth-order valence-corrected chi connectivity index (χ4v) is 1.60. The Balaban J connectivity index is 2.49. The van der Waals surface area contributed by atoms with Crippen molar-refractivity contribution < 1.29 is 14.7 Å². The molecule has 1 rings (SSSR count). The van der Waals surface area contributed by atoms with E-state index in [-0.39, 0.29) is 6.03 Å². The average molecular weight is 200 g/mol. The summed E-state index contributed by atoms with van der Waals surface area (Å²) in [6.45, 7) is 3.10. The fraction of sp³-hybridized carbons (Fsp3) is 0.778. The van der Waals surface area contributed by atoms with Crippen LogP contribution < -0.4 is 5.32 Å². The predicted octanol–water partition coefficient (Wildman–Crippen LogP) is 0.655. The Morgan fingerprint density at radius 3 is 2.86 bits per heavy atom. The number of carboxylic acid groups (broad SMARTS) is 1. The predicted molar refractivity (Wildman–Crippen MR) is 51.1 cm³/mol. The summed E-state index contributed by atoms with van der Waals surface area (Å²) in [6, 6.07) is -0.886. The first-order valence-corrected chi connectivity index (χ1v) is 4.94. The Morgan fingerprint density at radius 1 is 1.57 bits per heavy atom. The summed E-state index contributed by atoms with van der Waals surface area (Å²) >= 11 is 0. The van der Waals surface area contributed by atoms with Crippen molar-refractivity contribution in [3.63, 3.8) is 0 Å². The third-order valence-corrected chi connectivity index (χ3v) is 2.32. The number of hydrogen-bond donors (Lipinski definition) is 2. The summed E-state index contributed by atoms with van der Waals surface area (Å²) in [7, 11) is 0. The van der Waals surface area contributed by atoms with Gasteiger partial charge in [-0.3, -0.25) is 0 Å². The van der Waals surface area contributed by atoms with Crippen molar-refractivity contribution in [2.24, 2.45) is 0 Å². The molecule has 0 saturated carbocycles. The highest BCUT2D eigenvalue weighted by molar-refractivity contribution is 5.83. The quantitative estimate of drug-likeness (QED) is 0.703. The number of hydrogen-bond acceptors (Lipinski definition) is 2. The molecule has 0 bridgehead atoms. The molecule has 5 nitrogen and oxygen atoms in total. The van der Waals surface area contributed by atoms with E-state index >= 15 is 0 Å². The minimum absolute atomic E-state index is 0.253. The van der Waals surface area contributed by atoms with Crippen LogP contribution in [-0.2, 0) is 4.79 Å².